The molecule has 1 unspecified atom stereocenters. The van der Waals surface area contributed by atoms with Crippen molar-refractivity contribution in [1.29, 1.82) is 0 Å². The number of rotatable bonds is 3. The molecule has 0 radical (unpaired) electrons. The normalized spacial score (nSPS) is 25.4. The van der Waals surface area contributed by atoms with Crippen LogP contribution in [0.1, 0.15) is 57.0 Å². The van der Waals surface area contributed by atoms with Gasteiger partial charge in [0.25, 0.3) is 0 Å². The predicted octanol–water partition coefficient (Wildman–Crippen LogP) is 3.51. The van der Waals surface area contributed by atoms with Gasteiger partial charge in [-0.05, 0) is 61.1 Å². The topological polar surface area (TPSA) is 36.3 Å². The highest BCUT2D eigenvalue weighted by Gasteiger charge is 2.40. The van der Waals surface area contributed by atoms with Crippen molar-refractivity contribution < 1.29 is 9.47 Å². The lowest BCUT2D eigenvalue weighted by Crippen LogP contribution is -2.45. The summed E-state index contributed by atoms with van der Waals surface area (Å²) in [6, 6.07) is 0.487. The van der Waals surface area contributed by atoms with E-state index in [0.29, 0.717) is 6.04 Å². The fraction of sp³-hybridized carbons (Fsp3) is 0.812. The van der Waals surface area contributed by atoms with Gasteiger partial charge in [-0.15, -0.1) is 0 Å². The van der Waals surface area contributed by atoms with E-state index in [-0.39, 0.29) is 5.60 Å². The standard InChI is InChI=1S/C16H25IN2O2/c1-3-13-15(17)14(4-2)19(18-13)12-5-8-21-16(11-12)6-9-20-10-7-16/h12H,3-11H2,1-2H3. The summed E-state index contributed by atoms with van der Waals surface area (Å²) in [6.07, 6.45) is 6.30. The zero-order valence-electron chi connectivity index (χ0n) is 13.0. The van der Waals surface area contributed by atoms with Crippen LogP contribution in [0.25, 0.3) is 0 Å². The van der Waals surface area contributed by atoms with Gasteiger partial charge in [0.15, 0.2) is 0 Å². The number of aryl methyl sites for hydroxylation is 1. The van der Waals surface area contributed by atoms with Crippen LogP contribution in [-0.2, 0) is 22.3 Å². The first-order valence-electron chi connectivity index (χ1n) is 8.16. The fourth-order valence-corrected chi connectivity index (χ4v) is 4.77. The van der Waals surface area contributed by atoms with E-state index in [0.717, 1.165) is 58.3 Å². The molecule has 1 spiro atoms. The minimum atomic E-state index is 0.0376. The molecule has 0 saturated carbocycles. The Bertz CT molecular complexity index is 489. The first-order chi connectivity index (χ1) is 10.2. The van der Waals surface area contributed by atoms with Crippen LogP contribution in [0.2, 0.25) is 0 Å². The van der Waals surface area contributed by atoms with Gasteiger partial charge in [-0.2, -0.15) is 5.10 Å². The SMILES string of the molecule is CCc1nn(C2CCOC3(CCOCC3)C2)c(CC)c1I. The van der Waals surface area contributed by atoms with Crippen molar-refractivity contribution in [3.63, 3.8) is 0 Å². The lowest BCUT2D eigenvalue weighted by Gasteiger charge is -2.43. The first kappa shape index (κ1) is 15.7. The van der Waals surface area contributed by atoms with Gasteiger partial charge < -0.3 is 9.47 Å². The van der Waals surface area contributed by atoms with E-state index >= 15 is 0 Å². The smallest absolute Gasteiger partial charge is 0.0758 e. The molecule has 1 aromatic heterocycles. The number of hydrogen-bond acceptors (Lipinski definition) is 3. The van der Waals surface area contributed by atoms with Gasteiger partial charge in [-0.1, -0.05) is 13.8 Å². The van der Waals surface area contributed by atoms with Crippen LogP contribution in [0.4, 0.5) is 0 Å². The molecule has 2 aliphatic heterocycles. The van der Waals surface area contributed by atoms with Crippen LogP contribution in [0.5, 0.6) is 0 Å². The van der Waals surface area contributed by atoms with Crippen molar-refractivity contribution in [3.05, 3.63) is 15.0 Å². The summed E-state index contributed by atoms with van der Waals surface area (Å²) in [5, 5.41) is 4.92. The highest BCUT2D eigenvalue weighted by atomic mass is 127. The lowest BCUT2D eigenvalue weighted by atomic mass is 9.84. The summed E-state index contributed by atoms with van der Waals surface area (Å²) >= 11 is 2.47. The Morgan fingerprint density at radius 1 is 1.24 bits per heavy atom. The molecule has 0 aromatic carbocycles. The summed E-state index contributed by atoms with van der Waals surface area (Å²) in [4.78, 5) is 0. The zero-order chi connectivity index (χ0) is 14.9. The summed E-state index contributed by atoms with van der Waals surface area (Å²) in [5.41, 5.74) is 2.69. The molecule has 21 heavy (non-hydrogen) atoms. The second-order valence-electron chi connectivity index (χ2n) is 6.15. The lowest BCUT2D eigenvalue weighted by molar-refractivity contribution is -0.145. The van der Waals surface area contributed by atoms with Gasteiger partial charge in [0.1, 0.15) is 0 Å². The van der Waals surface area contributed by atoms with Gasteiger partial charge in [0, 0.05) is 19.8 Å². The van der Waals surface area contributed by atoms with Crippen LogP contribution in [0, 0.1) is 3.57 Å². The molecule has 3 rings (SSSR count). The van der Waals surface area contributed by atoms with Gasteiger partial charge in [-0.25, -0.2) is 0 Å². The molecule has 0 aliphatic carbocycles. The van der Waals surface area contributed by atoms with Crippen molar-refractivity contribution in [2.24, 2.45) is 0 Å². The van der Waals surface area contributed by atoms with E-state index < -0.39 is 0 Å². The van der Waals surface area contributed by atoms with Crippen LogP contribution >= 0.6 is 22.6 Å². The monoisotopic (exact) mass is 404 g/mol. The summed E-state index contributed by atoms with van der Waals surface area (Å²) in [6.45, 7) is 6.96. The predicted molar refractivity (Wildman–Crippen MR) is 90.7 cm³/mol. The summed E-state index contributed by atoms with van der Waals surface area (Å²) in [5.74, 6) is 0. The molecule has 2 fully saturated rings. The Kier molecular flexibility index (Phi) is 4.90. The minimum Gasteiger partial charge on any atom is -0.381 e. The van der Waals surface area contributed by atoms with Crippen molar-refractivity contribution >= 4 is 22.6 Å². The first-order valence-corrected chi connectivity index (χ1v) is 9.24. The quantitative estimate of drug-likeness (QED) is 0.724. The second-order valence-corrected chi connectivity index (χ2v) is 7.23. The van der Waals surface area contributed by atoms with Crippen molar-refractivity contribution in [2.75, 3.05) is 19.8 Å². The fourth-order valence-electron chi connectivity index (χ4n) is 3.65. The molecule has 118 valence electrons. The van der Waals surface area contributed by atoms with E-state index in [4.69, 9.17) is 14.6 Å². The third-order valence-corrected chi connectivity index (χ3v) is 6.14. The third kappa shape index (κ3) is 3.01. The molecule has 3 heterocycles. The van der Waals surface area contributed by atoms with Gasteiger partial charge in [-0.3, -0.25) is 4.68 Å². The molecular weight excluding hydrogens is 379 g/mol. The van der Waals surface area contributed by atoms with Gasteiger partial charge >= 0.3 is 0 Å². The summed E-state index contributed by atoms with van der Waals surface area (Å²) in [7, 11) is 0. The molecule has 2 aliphatic rings. The van der Waals surface area contributed by atoms with E-state index in [1.54, 1.807) is 0 Å². The Labute approximate surface area is 140 Å². The Hall–Kier alpha value is -0.140. The zero-order valence-corrected chi connectivity index (χ0v) is 15.2. The Morgan fingerprint density at radius 3 is 2.67 bits per heavy atom. The van der Waals surface area contributed by atoms with Crippen molar-refractivity contribution in [3.8, 4) is 0 Å². The number of halogens is 1. The maximum absolute atomic E-state index is 6.17. The van der Waals surface area contributed by atoms with Gasteiger partial charge in [0.05, 0.1) is 26.6 Å². The van der Waals surface area contributed by atoms with E-state index in [9.17, 15) is 0 Å². The Balaban J connectivity index is 1.86. The molecule has 2 saturated heterocycles. The average Bonchev–Trinajstić information content (AvgIpc) is 2.84. The van der Waals surface area contributed by atoms with E-state index in [1.807, 2.05) is 0 Å². The average molecular weight is 404 g/mol. The number of aromatic nitrogens is 2. The van der Waals surface area contributed by atoms with Crippen LogP contribution in [-0.4, -0.2) is 35.2 Å². The molecule has 0 amide bonds. The number of hydrogen-bond donors (Lipinski definition) is 0. The molecule has 5 heteroatoms. The highest BCUT2D eigenvalue weighted by molar-refractivity contribution is 14.1. The van der Waals surface area contributed by atoms with Crippen LogP contribution in [0.15, 0.2) is 0 Å². The van der Waals surface area contributed by atoms with Gasteiger partial charge in [0.2, 0.25) is 0 Å². The van der Waals surface area contributed by atoms with E-state index in [2.05, 4.69) is 41.1 Å². The number of nitrogens with zero attached hydrogens (tertiary/aromatic N) is 2. The maximum atomic E-state index is 6.17. The second kappa shape index (κ2) is 6.54. The van der Waals surface area contributed by atoms with E-state index in [1.165, 1.54) is 15.0 Å². The third-order valence-electron chi connectivity index (χ3n) is 4.90. The molecule has 0 bridgehead atoms. The van der Waals surface area contributed by atoms with Crippen LogP contribution in [0.3, 0.4) is 0 Å². The maximum Gasteiger partial charge on any atom is 0.0758 e. The van der Waals surface area contributed by atoms with Crippen molar-refractivity contribution in [1.82, 2.24) is 9.78 Å². The molecule has 4 nitrogen and oxygen atoms in total. The highest BCUT2D eigenvalue weighted by Crippen LogP contribution is 2.40. The van der Waals surface area contributed by atoms with Crippen LogP contribution < -0.4 is 0 Å². The minimum absolute atomic E-state index is 0.0376. The summed E-state index contributed by atoms with van der Waals surface area (Å²) < 4.78 is 15.4. The number of ether oxygens (including phenoxy) is 2. The molecule has 1 atom stereocenters. The Morgan fingerprint density at radius 2 is 2.00 bits per heavy atom. The molecule has 1 aromatic rings. The molecular formula is C16H25IN2O2. The largest absolute Gasteiger partial charge is 0.381 e. The van der Waals surface area contributed by atoms with Crippen molar-refractivity contribution in [2.45, 2.75) is 64.0 Å². The molecule has 0 N–H and O–H groups in total.